The molecule has 0 aromatic carbocycles. The van der Waals surface area contributed by atoms with E-state index in [1.807, 2.05) is 27.7 Å². The Morgan fingerprint density at radius 1 is 1.37 bits per heavy atom. The SMILES string of the molecule is CN(C(=O)O)c1nc(B2OC(C)(C)C(C)(C)O2)cs1. The molecule has 1 saturated heterocycles. The van der Waals surface area contributed by atoms with Crippen molar-refractivity contribution in [1.29, 1.82) is 0 Å². The fraction of sp³-hybridized carbons (Fsp3) is 0.636. The maximum absolute atomic E-state index is 10.9. The Balaban J connectivity index is 2.20. The Hall–Kier alpha value is -1.12. The second-order valence-corrected chi connectivity index (χ2v) is 6.32. The fourth-order valence-corrected chi connectivity index (χ4v) is 2.37. The summed E-state index contributed by atoms with van der Waals surface area (Å²) in [4.78, 5) is 16.2. The molecule has 0 spiro atoms. The van der Waals surface area contributed by atoms with Gasteiger partial charge >= 0.3 is 13.2 Å². The highest BCUT2D eigenvalue weighted by Crippen LogP contribution is 2.36. The van der Waals surface area contributed by atoms with E-state index < -0.39 is 24.4 Å². The minimum Gasteiger partial charge on any atom is -0.465 e. The molecule has 0 unspecified atom stereocenters. The molecule has 1 aliphatic heterocycles. The summed E-state index contributed by atoms with van der Waals surface area (Å²) >= 11 is 1.25. The molecule has 104 valence electrons. The third kappa shape index (κ3) is 2.47. The van der Waals surface area contributed by atoms with Gasteiger partial charge in [0.15, 0.2) is 5.13 Å². The highest BCUT2D eigenvalue weighted by Gasteiger charge is 2.52. The van der Waals surface area contributed by atoms with Crippen molar-refractivity contribution >= 4 is 35.3 Å². The van der Waals surface area contributed by atoms with Gasteiger partial charge in [0, 0.05) is 12.4 Å². The van der Waals surface area contributed by atoms with Gasteiger partial charge in [-0.3, -0.25) is 4.90 Å². The van der Waals surface area contributed by atoms with Crippen LogP contribution in [0.25, 0.3) is 0 Å². The Morgan fingerprint density at radius 3 is 2.37 bits per heavy atom. The van der Waals surface area contributed by atoms with E-state index in [-0.39, 0.29) is 0 Å². The van der Waals surface area contributed by atoms with E-state index in [2.05, 4.69) is 4.98 Å². The van der Waals surface area contributed by atoms with Gasteiger partial charge in [-0.05, 0) is 27.7 Å². The number of hydrogen-bond donors (Lipinski definition) is 1. The van der Waals surface area contributed by atoms with Gasteiger partial charge in [0.25, 0.3) is 0 Å². The minimum absolute atomic E-state index is 0.400. The number of carbonyl (C=O) groups is 1. The highest BCUT2D eigenvalue weighted by atomic mass is 32.1. The van der Waals surface area contributed by atoms with E-state index in [4.69, 9.17) is 14.4 Å². The zero-order valence-electron chi connectivity index (χ0n) is 11.6. The molecule has 19 heavy (non-hydrogen) atoms. The topological polar surface area (TPSA) is 71.9 Å². The first kappa shape index (κ1) is 14.3. The quantitative estimate of drug-likeness (QED) is 0.834. The van der Waals surface area contributed by atoms with Crippen LogP contribution in [0.3, 0.4) is 0 Å². The number of thiazole rings is 1. The minimum atomic E-state index is -1.05. The molecule has 1 N–H and O–H groups in total. The largest absolute Gasteiger partial charge is 0.515 e. The first-order chi connectivity index (χ1) is 8.64. The van der Waals surface area contributed by atoms with Crippen molar-refractivity contribution < 1.29 is 19.2 Å². The lowest BCUT2D eigenvalue weighted by molar-refractivity contribution is 0.00578. The first-order valence-electron chi connectivity index (χ1n) is 5.92. The van der Waals surface area contributed by atoms with Gasteiger partial charge in [-0.2, -0.15) is 0 Å². The van der Waals surface area contributed by atoms with Crippen LogP contribution in [0.15, 0.2) is 5.38 Å². The normalized spacial score (nSPS) is 20.6. The van der Waals surface area contributed by atoms with Gasteiger partial charge in [-0.15, -0.1) is 11.3 Å². The molecule has 0 saturated carbocycles. The van der Waals surface area contributed by atoms with Crippen molar-refractivity contribution in [1.82, 2.24) is 4.98 Å². The van der Waals surface area contributed by atoms with Crippen LogP contribution in [-0.2, 0) is 9.31 Å². The number of amides is 1. The standard InChI is InChI=1S/C11H17BN2O4S/c1-10(2)11(3,4)18-12(17-10)7-6-19-8(13-7)14(5)9(15)16/h6H,1-5H3,(H,15,16). The summed E-state index contributed by atoms with van der Waals surface area (Å²) < 4.78 is 11.7. The number of anilines is 1. The average Bonchev–Trinajstić information content (AvgIpc) is 2.81. The smallest absolute Gasteiger partial charge is 0.465 e. The van der Waals surface area contributed by atoms with Crippen LogP contribution in [0.5, 0.6) is 0 Å². The molecule has 0 radical (unpaired) electrons. The second kappa shape index (κ2) is 4.47. The molecule has 1 aromatic heterocycles. The molecule has 0 aliphatic carbocycles. The van der Waals surface area contributed by atoms with E-state index in [1.165, 1.54) is 18.4 Å². The van der Waals surface area contributed by atoms with Crippen molar-refractivity contribution in [3.05, 3.63) is 5.38 Å². The third-order valence-electron chi connectivity index (χ3n) is 3.58. The van der Waals surface area contributed by atoms with Gasteiger partial charge in [-0.1, -0.05) is 0 Å². The molecule has 1 aromatic rings. The zero-order valence-corrected chi connectivity index (χ0v) is 12.4. The molecular formula is C11H17BN2O4S. The maximum Gasteiger partial charge on any atom is 0.515 e. The van der Waals surface area contributed by atoms with Crippen molar-refractivity contribution in [2.24, 2.45) is 0 Å². The molecule has 6 nitrogen and oxygen atoms in total. The lowest BCUT2D eigenvalue weighted by atomic mass is 9.86. The Kier molecular flexibility index (Phi) is 3.36. The molecule has 2 heterocycles. The Bertz CT molecular complexity index is 487. The predicted octanol–water partition coefficient (Wildman–Crippen LogP) is 1.56. The molecule has 1 amide bonds. The van der Waals surface area contributed by atoms with Crippen molar-refractivity contribution in [2.45, 2.75) is 38.9 Å². The van der Waals surface area contributed by atoms with Gasteiger partial charge in [0.2, 0.25) is 0 Å². The van der Waals surface area contributed by atoms with E-state index in [9.17, 15) is 4.79 Å². The van der Waals surface area contributed by atoms with E-state index in [0.717, 1.165) is 4.90 Å². The zero-order chi connectivity index (χ0) is 14.4. The van der Waals surface area contributed by atoms with Gasteiger partial charge in [0.1, 0.15) is 0 Å². The van der Waals surface area contributed by atoms with Crippen LogP contribution < -0.4 is 10.5 Å². The molecule has 0 bridgehead atoms. The van der Waals surface area contributed by atoms with Crippen molar-refractivity contribution in [3.8, 4) is 0 Å². The van der Waals surface area contributed by atoms with E-state index in [1.54, 1.807) is 5.38 Å². The summed E-state index contributed by atoms with van der Waals surface area (Å²) in [6.07, 6.45) is -1.05. The lowest BCUT2D eigenvalue weighted by Crippen LogP contribution is -2.41. The highest BCUT2D eigenvalue weighted by molar-refractivity contribution is 7.14. The second-order valence-electron chi connectivity index (χ2n) is 5.48. The van der Waals surface area contributed by atoms with Crippen LogP contribution in [-0.4, -0.2) is 41.6 Å². The predicted molar refractivity (Wildman–Crippen MR) is 74.3 cm³/mol. The fourth-order valence-electron chi connectivity index (χ4n) is 1.58. The summed E-state index contributed by atoms with van der Waals surface area (Å²) in [7, 11) is 0.895. The number of carboxylic acid groups (broad SMARTS) is 1. The van der Waals surface area contributed by atoms with E-state index in [0.29, 0.717) is 10.7 Å². The summed E-state index contributed by atoms with van der Waals surface area (Å²) in [6.45, 7) is 7.85. The number of aromatic nitrogens is 1. The lowest BCUT2D eigenvalue weighted by Gasteiger charge is -2.32. The average molecular weight is 284 g/mol. The van der Waals surface area contributed by atoms with E-state index >= 15 is 0 Å². The first-order valence-corrected chi connectivity index (χ1v) is 6.80. The van der Waals surface area contributed by atoms with Crippen molar-refractivity contribution in [2.75, 3.05) is 11.9 Å². The van der Waals surface area contributed by atoms with Crippen LogP contribution in [0.2, 0.25) is 0 Å². The molecule has 1 fully saturated rings. The monoisotopic (exact) mass is 284 g/mol. The summed E-state index contributed by atoms with van der Waals surface area (Å²) in [5.74, 6) is 0. The molecule has 0 atom stereocenters. The molecule has 2 rings (SSSR count). The molecule has 1 aliphatic rings. The molecular weight excluding hydrogens is 267 g/mol. The van der Waals surface area contributed by atoms with Crippen LogP contribution in [0, 0.1) is 0 Å². The van der Waals surface area contributed by atoms with Crippen LogP contribution in [0.4, 0.5) is 9.93 Å². The van der Waals surface area contributed by atoms with Gasteiger partial charge < -0.3 is 14.4 Å². The van der Waals surface area contributed by atoms with Crippen molar-refractivity contribution in [3.63, 3.8) is 0 Å². The molecule has 8 heteroatoms. The van der Waals surface area contributed by atoms with Crippen LogP contribution in [0.1, 0.15) is 27.7 Å². The Labute approximate surface area is 116 Å². The van der Waals surface area contributed by atoms with Gasteiger partial charge in [0.05, 0.1) is 16.8 Å². The van der Waals surface area contributed by atoms with Gasteiger partial charge in [-0.25, -0.2) is 9.78 Å². The summed E-state index contributed by atoms with van der Waals surface area (Å²) in [6, 6.07) is 0. The summed E-state index contributed by atoms with van der Waals surface area (Å²) in [5.41, 5.74) is -0.257. The number of rotatable bonds is 2. The summed E-state index contributed by atoms with van der Waals surface area (Å²) in [5, 5.41) is 11.1. The number of nitrogens with zero attached hydrogens (tertiary/aromatic N) is 2. The number of hydrogen-bond acceptors (Lipinski definition) is 5. The maximum atomic E-state index is 10.9. The third-order valence-corrected chi connectivity index (χ3v) is 4.51. The Morgan fingerprint density at radius 2 is 1.89 bits per heavy atom. The van der Waals surface area contributed by atoms with Crippen LogP contribution >= 0.6 is 11.3 Å².